The van der Waals surface area contributed by atoms with E-state index >= 15 is 0 Å². The fraction of sp³-hybridized carbons (Fsp3) is 0.781. The normalized spacial score (nSPS) is 10.4. The molecule has 0 radical (unpaired) electrons. The molecule has 7 N–H and O–H groups in total. The minimum absolute atomic E-state index is 0.0732. The largest absolute Gasteiger partial charge is 0.356 e. The minimum Gasteiger partial charge on any atom is -0.356 e. The number of unbranched alkanes of at least 4 members (excludes halogenated alkanes) is 6. The molecular formula is C32H59N7O7. The molecule has 0 aromatic rings. The number of hydrogen-bond acceptors (Lipinski definition) is 7. The quantitative estimate of drug-likeness (QED) is 0.0585. The van der Waals surface area contributed by atoms with Crippen molar-refractivity contribution in [3.8, 4) is 0 Å². The lowest BCUT2D eigenvalue weighted by Gasteiger charge is -2.08. The lowest BCUT2D eigenvalue weighted by molar-refractivity contribution is -0.126. The molecule has 0 heterocycles. The lowest BCUT2D eigenvalue weighted by atomic mass is 10.2. The SMILES string of the molecule is CCCCNC(=O)CCC(=O)NCCCCCNC(=O)CCC(=O)NCCCCCNC(=O)CCC(=O)NCCCCNC(C)=O. The first-order valence-electron chi connectivity index (χ1n) is 17.0. The number of hydrogen-bond donors (Lipinski definition) is 7. The molecule has 0 bridgehead atoms. The summed E-state index contributed by atoms with van der Waals surface area (Å²) < 4.78 is 0. The van der Waals surface area contributed by atoms with Gasteiger partial charge >= 0.3 is 0 Å². The smallest absolute Gasteiger partial charge is 0.220 e. The maximum atomic E-state index is 12.0. The Morgan fingerprint density at radius 1 is 0.326 bits per heavy atom. The van der Waals surface area contributed by atoms with Gasteiger partial charge in [0.25, 0.3) is 0 Å². The maximum absolute atomic E-state index is 12.0. The molecule has 0 saturated heterocycles. The van der Waals surface area contributed by atoms with E-state index in [0.717, 1.165) is 64.2 Å². The Kier molecular flexibility index (Phi) is 27.6. The van der Waals surface area contributed by atoms with E-state index in [1.165, 1.54) is 6.92 Å². The fourth-order valence-electron chi connectivity index (χ4n) is 4.12. The van der Waals surface area contributed by atoms with Crippen molar-refractivity contribution in [2.45, 2.75) is 117 Å². The third kappa shape index (κ3) is 30.3. The van der Waals surface area contributed by atoms with Crippen molar-refractivity contribution in [3.05, 3.63) is 0 Å². The Morgan fingerprint density at radius 2 is 0.543 bits per heavy atom. The van der Waals surface area contributed by atoms with Crippen molar-refractivity contribution < 1.29 is 33.6 Å². The molecule has 0 aromatic carbocycles. The van der Waals surface area contributed by atoms with Gasteiger partial charge in [-0.15, -0.1) is 0 Å². The average Bonchev–Trinajstić information content (AvgIpc) is 3.02. The summed E-state index contributed by atoms with van der Waals surface area (Å²) in [4.78, 5) is 81.9. The Morgan fingerprint density at radius 3 is 0.783 bits per heavy atom. The van der Waals surface area contributed by atoms with Crippen molar-refractivity contribution in [2.24, 2.45) is 0 Å². The van der Waals surface area contributed by atoms with Gasteiger partial charge in [0.2, 0.25) is 41.4 Å². The summed E-state index contributed by atoms with van der Waals surface area (Å²) >= 11 is 0. The molecule has 14 nitrogen and oxygen atoms in total. The minimum atomic E-state index is -0.177. The van der Waals surface area contributed by atoms with Gasteiger partial charge in [-0.3, -0.25) is 33.6 Å². The van der Waals surface area contributed by atoms with Crippen molar-refractivity contribution in [2.75, 3.05) is 45.8 Å². The highest BCUT2D eigenvalue weighted by atomic mass is 16.2. The van der Waals surface area contributed by atoms with Gasteiger partial charge in [0.15, 0.2) is 0 Å². The monoisotopic (exact) mass is 653 g/mol. The topological polar surface area (TPSA) is 204 Å². The van der Waals surface area contributed by atoms with Gasteiger partial charge in [-0.25, -0.2) is 0 Å². The van der Waals surface area contributed by atoms with Gasteiger partial charge in [-0.05, 0) is 57.8 Å². The fourth-order valence-corrected chi connectivity index (χ4v) is 4.12. The number of amides is 7. The van der Waals surface area contributed by atoms with Crippen LogP contribution in [-0.2, 0) is 33.6 Å². The van der Waals surface area contributed by atoms with E-state index in [1.54, 1.807) is 0 Å². The number of rotatable bonds is 29. The summed E-state index contributed by atoms with van der Waals surface area (Å²) in [6.45, 7) is 7.30. The molecule has 0 aliphatic rings. The van der Waals surface area contributed by atoms with Crippen LogP contribution in [0.3, 0.4) is 0 Å². The van der Waals surface area contributed by atoms with Crippen molar-refractivity contribution in [1.82, 2.24) is 37.2 Å². The average molecular weight is 654 g/mol. The molecule has 0 aliphatic heterocycles. The van der Waals surface area contributed by atoms with E-state index in [9.17, 15) is 33.6 Å². The van der Waals surface area contributed by atoms with Gasteiger partial charge in [0.05, 0.1) is 0 Å². The van der Waals surface area contributed by atoms with Crippen LogP contribution in [0.5, 0.6) is 0 Å². The molecule has 0 spiro atoms. The number of carbonyl (C=O) groups is 7. The highest BCUT2D eigenvalue weighted by molar-refractivity contribution is 5.84. The molecule has 0 aromatic heterocycles. The second kappa shape index (κ2) is 30.0. The van der Waals surface area contributed by atoms with Crippen LogP contribution in [0.1, 0.15) is 117 Å². The first-order chi connectivity index (χ1) is 22.1. The predicted octanol–water partition coefficient (Wildman–Crippen LogP) is 1.08. The van der Waals surface area contributed by atoms with Gasteiger partial charge in [0.1, 0.15) is 0 Å². The molecule has 0 fully saturated rings. The van der Waals surface area contributed by atoms with Crippen LogP contribution in [0.4, 0.5) is 0 Å². The van der Waals surface area contributed by atoms with E-state index in [2.05, 4.69) is 37.2 Å². The lowest BCUT2D eigenvalue weighted by Crippen LogP contribution is -2.30. The molecule has 0 aliphatic carbocycles. The van der Waals surface area contributed by atoms with E-state index < -0.39 is 0 Å². The van der Waals surface area contributed by atoms with Crippen molar-refractivity contribution >= 4 is 41.4 Å². The van der Waals surface area contributed by atoms with Gasteiger partial charge in [-0.2, -0.15) is 0 Å². The van der Waals surface area contributed by atoms with E-state index in [4.69, 9.17) is 0 Å². The maximum Gasteiger partial charge on any atom is 0.220 e. The van der Waals surface area contributed by atoms with Crippen LogP contribution in [0.2, 0.25) is 0 Å². The van der Waals surface area contributed by atoms with Gasteiger partial charge in [-0.1, -0.05) is 13.3 Å². The van der Waals surface area contributed by atoms with Crippen LogP contribution in [0.25, 0.3) is 0 Å². The van der Waals surface area contributed by atoms with Crippen LogP contribution >= 0.6 is 0 Å². The molecule has 46 heavy (non-hydrogen) atoms. The van der Waals surface area contributed by atoms with E-state index in [-0.39, 0.29) is 79.9 Å². The zero-order valence-electron chi connectivity index (χ0n) is 28.1. The zero-order chi connectivity index (χ0) is 34.3. The molecule has 0 saturated carbocycles. The van der Waals surface area contributed by atoms with E-state index in [0.29, 0.717) is 45.8 Å². The second-order valence-corrected chi connectivity index (χ2v) is 11.3. The summed E-state index contributed by atoms with van der Waals surface area (Å²) in [7, 11) is 0. The Hall–Kier alpha value is -3.71. The molecular weight excluding hydrogens is 594 g/mol. The third-order valence-electron chi connectivity index (χ3n) is 6.89. The van der Waals surface area contributed by atoms with E-state index in [1.807, 2.05) is 6.92 Å². The van der Waals surface area contributed by atoms with Crippen molar-refractivity contribution in [3.63, 3.8) is 0 Å². The highest BCUT2D eigenvalue weighted by Gasteiger charge is 2.09. The number of carbonyl (C=O) groups excluding carboxylic acids is 7. The number of nitrogens with one attached hydrogen (secondary N) is 7. The van der Waals surface area contributed by atoms with Gasteiger partial charge in [0, 0.05) is 91.3 Å². The zero-order valence-corrected chi connectivity index (χ0v) is 28.1. The summed E-state index contributed by atoms with van der Waals surface area (Å²) in [6.07, 6.45) is 9.06. The second-order valence-electron chi connectivity index (χ2n) is 11.3. The summed E-state index contributed by atoms with van der Waals surface area (Å²) in [5, 5.41) is 19.5. The Bertz CT molecular complexity index is 915. The summed E-state index contributed by atoms with van der Waals surface area (Å²) in [5.41, 5.74) is 0. The van der Waals surface area contributed by atoms with Crippen LogP contribution in [-0.4, -0.2) is 87.2 Å². The van der Waals surface area contributed by atoms with Crippen LogP contribution < -0.4 is 37.2 Å². The Balaban J connectivity index is 3.56. The van der Waals surface area contributed by atoms with Gasteiger partial charge < -0.3 is 37.2 Å². The summed E-state index contributed by atoms with van der Waals surface area (Å²) in [5.74, 6) is -1.01. The standard InChI is InChI=1S/C32H59N7O7/c1-3-4-19-34-27(41)13-14-28(42)35-21-7-5-8-22-36-29(43)15-16-30(44)37-23-9-6-10-24-38-31(45)17-18-32(46)39-25-12-11-20-33-26(2)40/h3-25H2,1-2H3,(H,33,40)(H,34,41)(H,35,42)(H,36,43)(H,37,44)(H,38,45)(H,39,46). The molecule has 14 heteroatoms. The first-order valence-corrected chi connectivity index (χ1v) is 17.0. The van der Waals surface area contributed by atoms with Crippen LogP contribution in [0.15, 0.2) is 0 Å². The molecule has 0 unspecified atom stereocenters. The first kappa shape index (κ1) is 42.3. The molecule has 7 amide bonds. The molecule has 264 valence electrons. The predicted molar refractivity (Wildman–Crippen MR) is 176 cm³/mol. The molecule has 0 atom stereocenters. The summed E-state index contributed by atoms with van der Waals surface area (Å²) in [6, 6.07) is 0. The van der Waals surface area contributed by atoms with Crippen molar-refractivity contribution in [1.29, 1.82) is 0 Å². The third-order valence-corrected chi connectivity index (χ3v) is 6.89. The highest BCUT2D eigenvalue weighted by Crippen LogP contribution is 1.98. The molecule has 0 rings (SSSR count). The van der Waals surface area contributed by atoms with Crippen LogP contribution in [0, 0.1) is 0 Å². The Labute approximate surface area is 274 Å².